The molecule has 0 fully saturated rings. The van der Waals surface area contributed by atoms with Gasteiger partial charge in [0, 0.05) is 12.7 Å². The molecule has 2 heterocycles. The van der Waals surface area contributed by atoms with Crippen LogP contribution in [0.25, 0.3) is 0 Å². The summed E-state index contributed by atoms with van der Waals surface area (Å²) in [7, 11) is -2.35. The Hall–Kier alpha value is -5.54. The second-order valence-electron chi connectivity index (χ2n) is 11.2. The number of carbonyl (C=O) groups excluding carboxylic acids is 2. The quantitative estimate of drug-likeness (QED) is 0.0672. The van der Waals surface area contributed by atoms with E-state index in [1.165, 1.54) is 18.3 Å². The van der Waals surface area contributed by atoms with E-state index in [4.69, 9.17) is 21.1 Å². The number of para-hydroxylation sites is 1. The number of carbonyl (C=O) groups is 2. The number of hydrogen-bond donors (Lipinski definition) is 3. The molecular formula is C35H36ClN7O7S. The zero-order valence-corrected chi connectivity index (χ0v) is 29.2. The molecule has 266 valence electrons. The number of benzene rings is 3. The van der Waals surface area contributed by atoms with Gasteiger partial charge < -0.3 is 25.4 Å². The van der Waals surface area contributed by atoms with Crippen LogP contribution >= 0.6 is 11.6 Å². The number of aromatic nitrogens is 4. The topological polar surface area (TPSA) is 188 Å². The van der Waals surface area contributed by atoms with Gasteiger partial charge in [-0.1, -0.05) is 73.3 Å². The number of hydrogen-bond acceptors (Lipinski definition) is 13. The minimum atomic E-state index is -3.90. The van der Waals surface area contributed by atoms with Crippen molar-refractivity contribution < 1.29 is 32.1 Å². The average molecular weight is 734 g/mol. The van der Waals surface area contributed by atoms with Crippen LogP contribution in [0.1, 0.15) is 48.0 Å². The lowest BCUT2D eigenvalue weighted by atomic mass is 10.1. The molecule has 0 unspecified atom stereocenters. The normalized spacial score (nSPS) is 11.1. The van der Waals surface area contributed by atoms with Crippen LogP contribution in [-0.2, 0) is 25.8 Å². The third-order valence-corrected chi connectivity index (χ3v) is 9.38. The third kappa shape index (κ3) is 10.2. The number of halogens is 1. The van der Waals surface area contributed by atoms with E-state index in [9.17, 15) is 18.0 Å². The van der Waals surface area contributed by atoms with E-state index in [0.717, 1.165) is 24.8 Å². The number of sulfone groups is 1. The highest BCUT2D eigenvalue weighted by Crippen LogP contribution is 2.28. The Morgan fingerprint density at radius 1 is 0.863 bits per heavy atom. The van der Waals surface area contributed by atoms with Crippen molar-refractivity contribution in [1.29, 1.82) is 0 Å². The molecule has 14 nitrogen and oxygen atoms in total. The van der Waals surface area contributed by atoms with Crippen molar-refractivity contribution >= 4 is 56.5 Å². The Kier molecular flexibility index (Phi) is 12.9. The molecule has 0 atom stereocenters. The lowest BCUT2D eigenvalue weighted by molar-refractivity contribution is -0.142. The minimum Gasteiger partial charge on any atom is -0.473 e. The van der Waals surface area contributed by atoms with E-state index < -0.39 is 9.84 Å². The largest absolute Gasteiger partial charge is 0.473 e. The molecule has 5 aromatic rings. The molecule has 0 saturated carbocycles. The van der Waals surface area contributed by atoms with Gasteiger partial charge in [0.25, 0.3) is 16.8 Å². The molecule has 3 N–H and O–H groups in total. The van der Waals surface area contributed by atoms with Crippen LogP contribution in [0.15, 0.2) is 99.6 Å². The summed E-state index contributed by atoms with van der Waals surface area (Å²) in [5, 5.41) is 15.9. The number of amides is 1. The average Bonchev–Trinajstić information content (AvgIpc) is 3.62. The Labute approximate surface area is 299 Å². The molecule has 3 aromatic carbocycles. The summed E-state index contributed by atoms with van der Waals surface area (Å²) in [6, 6.07) is 22.1. The predicted octanol–water partition coefficient (Wildman–Crippen LogP) is 6.31. The van der Waals surface area contributed by atoms with Crippen LogP contribution in [-0.4, -0.2) is 60.8 Å². The molecule has 2 aromatic heterocycles. The van der Waals surface area contributed by atoms with E-state index in [-0.39, 0.29) is 51.7 Å². The van der Waals surface area contributed by atoms with E-state index in [0.29, 0.717) is 42.2 Å². The van der Waals surface area contributed by atoms with E-state index in [2.05, 4.69) is 40.9 Å². The van der Waals surface area contributed by atoms with Crippen LogP contribution in [0, 0.1) is 0 Å². The van der Waals surface area contributed by atoms with Crippen molar-refractivity contribution in [3.63, 3.8) is 0 Å². The summed E-state index contributed by atoms with van der Waals surface area (Å²) in [4.78, 5) is 33.6. The Balaban J connectivity index is 1.00. The maximum absolute atomic E-state index is 12.8. The fraction of sp³-hybridized carbons (Fsp3) is 0.257. The monoisotopic (exact) mass is 733 g/mol. The number of rotatable bonds is 18. The van der Waals surface area contributed by atoms with Gasteiger partial charge in [-0.3, -0.25) is 9.59 Å². The van der Waals surface area contributed by atoms with Gasteiger partial charge in [0.2, 0.25) is 15.8 Å². The van der Waals surface area contributed by atoms with Crippen LogP contribution in [0.2, 0.25) is 5.02 Å². The summed E-state index contributed by atoms with van der Waals surface area (Å²) in [6.07, 6.45) is 5.48. The Morgan fingerprint density at radius 3 is 2.41 bits per heavy atom. The molecular weight excluding hydrogens is 698 g/mol. The van der Waals surface area contributed by atoms with Crippen molar-refractivity contribution in [3.8, 4) is 5.88 Å². The highest BCUT2D eigenvalue weighted by molar-refractivity contribution is 7.91. The summed E-state index contributed by atoms with van der Waals surface area (Å²) in [5.41, 5.74) is 2.38. The molecule has 0 spiro atoms. The second kappa shape index (κ2) is 17.9. The summed E-state index contributed by atoms with van der Waals surface area (Å²) in [5.74, 6) is -0.175. The first kappa shape index (κ1) is 36.7. The smallest absolute Gasteiger partial charge is 0.310 e. The molecule has 0 bridgehead atoms. The summed E-state index contributed by atoms with van der Waals surface area (Å²) in [6.45, 7) is 0.556. The molecule has 51 heavy (non-hydrogen) atoms. The molecule has 5 rings (SSSR count). The fourth-order valence-corrected chi connectivity index (χ4v) is 6.23. The highest BCUT2D eigenvalue weighted by atomic mass is 35.5. The summed E-state index contributed by atoms with van der Waals surface area (Å²) < 4.78 is 41.2. The van der Waals surface area contributed by atoms with Crippen molar-refractivity contribution in [3.05, 3.63) is 101 Å². The predicted molar refractivity (Wildman–Crippen MR) is 189 cm³/mol. The number of anilines is 4. The first-order valence-corrected chi connectivity index (χ1v) is 18.0. The number of nitrogens with zero attached hydrogens (tertiary/aromatic N) is 4. The molecule has 0 aliphatic heterocycles. The first-order valence-electron chi connectivity index (χ1n) is 16.1. The van der Waals surface area contributed by atoms with Crippen molar-refractivity contribution in [2.75, 3.05) is 30.9 Å². The van der Waals surface area contributed by atoms with E-state index >= 15 is 0 Å². The zero-order chi connectivity index (χ0) is 36.1. The van der Waals surface area contributed by atoms with Crippen LogP contribution < -0.4 is 20.7 Å². The van der Waals surface area contributed by atoms with Crippen LogP contribution in [0.4, 0.5) is 23.1 Å². The van der Waals surface area contributed by atoms with Gasteiger partial charge in [-0.2, -0.15) is 4.98 Å². The zero-order valence-electron chi connectivity index (χ0n) is 27.7. The lowest BCUT2D eigenvalue weighted by Gasteiger charge is -2.13. The van der Waals surface area contributed by atoms with Gasteiger partial charge in [0.1, 0.15) is 5.02 Å². The maximum atomic E-state index is 12.8. The summed E-state index contributed by atoms with van der Waals surface area (Å²) >= 11 is 6.34. The van der Waals surface area contributed by atoms with Gasteiger partial charge in [-0.05, 0) is 65.1 Å². The van der Waals surface area contributed by atoms with Crippen LogP contribution in [0.3, 0.4) is 0 Å². The standard InChI is InChI=1S/C35H36ClN7O7S/c1-37-32(45)27-17-8-9-18-29(27)40-31-28(36)23-38-35(41-31)39-25-14-12-13-24(21-25)22-30(44)48-19-10-3-2-4-11-20-49-33-34(43-50-42-33)51(46,47)26-15-6-5-7-16-26/h5-9,12-18,21,23H,2-4,10-11,19-20,22H2,1H3,(H,37,45)(H2,38,39,40,41). The molecule has 0 aliphatic rings. The highest BCUT2D eigenvalue weighted by Gasteiger charge is 2.28. The van der Waals surface area contributed by atoms with Gasteiger partial charge in [-0.25, -0.2) is 18.0 Å². The van der Waals surface area contributed by atoms with Gasteiger partial charge in [-0.15, -0.1) is 0 Å². The number of esters is 1. The molecule has 1 amide bonds. The van der Waals surface area contributed by atoms with Gasteiger partial charge in [0.05, 0.1) is 42.0 Å². The molecule has 16 heteroatoms. The SMILES string of the molecule is CNC(=O)c1ccccc1Nc1nc(Nc2cccc(CC(=O)OCCCCCCCOc3nonc3S(=O)(=O)c3ccccc3)c2)ncc1Cl. The molecule has 0 aliphatic carbocycles. The first-order chi connectivity index (χ1) is 24.7. The number of nitrogens with one attached hydrogen (secondary N) is 3. The lowest BCUT2D eigenvalue weighted by Crippen LogP contribution is -2.19. The van der Waals surface area contributed by atoms with Crippen molar-refractivity contribution in [2.45, 2.75) is 48.4 Å². The van der Waals surface area contributed by atoms with Crippen LogP contribution in [0.5, 0.6) is 5.88 Å². The molecule has 0 saturated heterocycles. The Morgan fingerprint density at radius 2 is 1.61 bits per heavy atom. The number of unbranched alkanes of at least 4 members (excludes halogenated alkanes) is 4. The maximum Gasteiger partial charge on any atom is 0.310 e. The van der Waals surface area contributed by atoms with Gasteiger partial charge >= 0.3 is 5.97 Å². The minimum absolute atomic E-state index is 0.0772. The van der Waals surface area contributed by atoms with Crippen molar-refractivity contribution in [2.24, 2.45) is 0 Å². The second-order valence-corrected chi connectivity index (χ2v) is 13.4. The molecule has 0 radical (unpaired) electrons. The Bertz CT molecular complexity index is 2050. The third-order valence-electron chi connectivity index (χ3n) is 7.46. The van der Waals surface area contributed by atoms with Gasteiger partial charge in [0.15, 0.2) is 5.82 Å². The van der Waals surface area contributed by atoms with Crippen molar-refractivity contribution in [1.82, 2.24) is 25.6 Å². The van der Waals surface area contributed by atoms with E-state index in [1.807, 2.05) is 24.3 Å². The fourth-order valence-electron chi connectivity index (χ4n) is 4.90. The van der Waals surface area contributed by atoms with E-state index in [1.54, 1.807) is 49.5 Å². The number of ether oxygens (including phenoxy) is 2.